The van der Waals surface area contributed by atoms with Crippen LogP contribution in [0.1, 0.15) is 96.7 Å². The Morgan fingerprint density at radius 2 is 1.87 bits per heavy atom. The number of allylic oxidation sites excluding steroid dienone is 1. The second-order valence-corrected chi connectivity index (χ2v) is 11.1. The molecule has 1 aromatic carbocycles. The van der Waals surface area contributed by atoms with Gasteiger partial charge in [0.25, 0.3) is 11.8 Å². The Morgan fingerprint density at radius 1 is 1.16 bits per heavy atom. The zero-order valence-corrected chi connectivity index (χ0v) is 23.1. The first kappa shape index (κ1) is 27.8. The molecule has 1 aromatic heterocycles. The fourth-order valence-electron chi connectivity index (χ4n) is 5.74. The van der Waals surface area contributed by atoms with Crippen molar-refractivity contribution < 1.29 is 14.3 Å². The Morgan fingerprint density at radius 3 is 2.53 bits per heavy atom. The smallest absolute Gasteiger partial charge is 0.258 e. The molecule has 0 bridgehead atoms. The Kier molecular flexibility index (Phi) is 8.83. The number of hydrogen-bond acceptors (Lipinski definition) is 4. The summed E-state index contributed by atoms with van der Waals surface area (Å²) in [5, 5.41) is 3.04. The first-order valence-corrected chi connectivity index (χ1v) is 13.9. The van der Waals surface area contributed by atoms with Crippen molar-refractivity contribution in [3.8, 4) is 0 Å². The van der Waals surface area contributed by atoms with Crippen molar-refractivity contribution in [3.05, 3.63) is 83.3 Å². The number of unbranched alkanes of at least 4 members (excludes halogenated alkanes) is 1. The molecule has 1 aliphatic carbocycles. The van der Waals surface area contributed by atoms with Gasteiger partial charge in [-0.05, 0) is 99.3 Å². The molecule has 2 aliphatic rings. The number of rotatable bonds is 9. The number of pyridine rings is 1. The van der Waals surface area contributed by atoms with E-state index in [1.807, 2.05) is 26.1 Å². The van der Waals surface area contributed by atoms with E-state index in [2.05, 4.69) is 25.4 Å². The lowest BCUT2D eigenvalue weighted by atomic mass is 9.77. The number of aromatic nitrogens is 1. The SMILES string of the molecule is C=C(C)C(=C)N(CCCC)C(=O)c1ccc(NC(=O)c2cc(C)cnc2C2CCC3(CCOCC3)C2)cc1. The van der Waals surface area contributed by atoms with E-state index < -0.39 is 0 Å². The number of aryl methyl sites for hydroxylation is 1. The van der Waals surface area contributed by atoms with Crippen molar-refractivity contribution in [3.63, 3.8) is 0 Å². The van der Waals surface area contributed by atoms with Gasteiger partial charge in [0.15, 0.2) is 0 Å². The number of nitrogens with zero attached hydrogens (tertiary/aromatic N) is 2. The predicted octanol–water partition coefficient (Wildman–Crippen LogP) is 7.04. The predicted molar refractivity (Wildman–Crippen MR) is 152 cm³/mol. The number of carbonyl (C=O) groups is 2. The monoisotopic (exact) mass is 515 g/mol. The van der Waals surface area contributed by atoms with E-state index in [4.69, 9.17) is 9.72 Å². The second-order valence-electron chi connectivity index (χ2n) is 11.1. The quantitative estimate of drug-likeness (QED) is 0.364. The highest BCUT2D eigenvalue weighted by Gasteiger charge is 2.42. The third kappa shape index (κ3) is 6.24. The van der Waals surface area contributed by atoms with Gasteiger partial charge in [-0.1, -0.05) is 26.5 Å². The van der Waals surface area contributed by atoms with Gasteiger partial charge < -0.3 is 15.0 Å². The lowest BCUT2D eigenvalue weighted by Crippen LogP contribution is -2.31. The molecule has 202 valence electrons. The van der Waals surface area contributed by atoms with Gasteiger partial charge in [0.1, 0.15) is 0 Å². The van der Waals surface area contributed by atoms with Crippen LogP contribution in [0.25, 0.3) is 0 Å². The first-order valence-electron chi connectivity index (χ1n) is 13.9. The molecule has 6 nitrogen and oxygen atoms in total. The van der Waals surface area contributed by atoms with Gasteiger partial charge in [-0.15, -0.1) is 0 Å². The summed E-state index contributed by atoms with van der Waals surface area (Å²) in [6.45, 7) is 16.2. The molecule has 1 saturated carbocycles. The maximum atomic E-state index is 13.5. The fourth-order valence-corrected chi connectivity index (χ4v) is 5.74. The summed E-state index contributed by atoms with van der Waals surface area (Å²) in [5.41, 5.74) is 5.42. The van der Waals surface area contributed by atoms with Crippen LogP contribution in [0.2, 0.25) is 0 Å². The molecule has 2 aromatic rings. The van der Waals surface area contributed by atoms with E-state index in [9.17, 15) is 9.59 Å². The molecule has 4 rings (SSSR count). The van der Waals surface area contributed by atoms with Crippen molar-refractivity contribution in [2.45, 2.75) is 71.6 Å². The maximum Gasteiger partial charge on any atom is 0.258 e. The van der Waals surface area contributed by atoms with Gasteiger partial charge in [-0.25, -0.2) is 0 Å². The lowest BCUT2D eigenvalue weighted by Gasteiger charge is -2.33. The molecule has 1 spiro atoms. The number of amides is 2. The summed E-state index contributed by atoms with van der Waals surface area (Å²) in [5.74, 6) is 0.00572. The minimum atomic E-state index is -0.163. The Bertz CT molecular complexity index is 1190. The molecule has 2 heterocycles. The van der Waals surface area contributed by atoms with Crippen LogP contribution in [-0.4, -0.2) is 41.5 Å². The molecule has 1 aliphatic heterocycles. The van der Waals surface area contributed by atoms with Crippen LogP contribution in [0.5, 0.6) is 0 Å². The molecular formula is C32H41N3O3. The lowest BCUT2D eigenvalue weighted by molar-refractivity contribution is 0.0174. The van der Waals surface area contributed by atoms with E-state index in [0.717, 1.165) is 68.6 Å². The number of benzene rings is 1. The van der Waals surface area contributed by atoms with Gasteiger partial charge >= 0.3 is 0 Å². The minimum Gasteiger partial charge on any atom is -0.381 e. The van der Waals surface area contributed by atoms with Gasteiger partial charge in [0.05, 0.1) is 11.3 Å². The molecule has 2 amide bonds. The standard InChI is InChI=1S/C32H41N3O3/c1-6-7-16-35(24(5)22(2)3)31(37)25-8-10-27(11-9-25)34-30(36)28-19-23(4)21-33-29(28)26-12-13-32(20-26)14-17-38-18-15-32/h8-11,19,21,26H,2,5-7,12-18,20H2,1,3-4H3,(H,34,36). The number of nitrogens with one attached hydrogen (secondary N) is 1. The van der Waals surface area contributed by atoms with E-state index in [0.29, 0.717) is 34.5 Å². The van der Waals surface area contributed by atoms with E-state index >= 15 is 0 Å². The molecule has 1 unspecified atom stereocenters. The topological polar surface area (TPSA) is 71.5 Å². The maximum absolute atomic E-state index is 13.5. The highest BCUT2D eigenvalue weighted by atomic mass is 16.5. The van der Waals surface area contributed by atoms with Crippen molar-refractivity contribution in [2.24, 2.45) is 5.41 Å². The molecule has 38 heavy (non-hydrogen) atoms. The average molecular weight is 516 g/mol. The third-order valence-corrected chi connectivity index (χ3v) is 8.13. The normalized spacial score (nSPS) is 18.2. The van der Waals surface area contributed by atoms with Crippen molar-refractivity contribution >= 4 is 17.5 Å². The zero-order valence-electron chi connectivity index (χ0n) is 23.1. The van der Waals surface area contributed by atoms with Crippen molar-refractivity contribution in [1.29, 1.82) is 0 Å². The average Bonchev–Trinajstić information content (AvgIpc) is 3.31. The summed E-state index contributed by atoms with van der Waals surface area (Å²) in [6, 6.07) is 9.01. The Balaban J connectivity index is 1.48. The minimum absolute atomic E-state index is 0.113. The highest BCUT2D eigenvalue weighted by molar-refractivity contribution is 6.05. The molecule has 1 atom stereocenters. The molecular weight excluding hydrogens is 474 g/mol. The van der Waals surface area contributed by atoms with Crippen LogP contribution >= 0.6 is 0 Å². The number of ether oxygens (including phenoxy) is 1. The molecule has 0 radical (unpaired) electrons. The van der Waals surface area contributed by atoms with E-state index in [1.54, 1.807) is 29.2 Å². The van der Waals surface area contributed by atoms with E-state index in [1.165, 1.54) is 6.42 Å². The van der Waals surface area contributed by atoms with E-state index in [-0.39, 0.29) is 17.7 Å². The number of anilines is 1. The second kappa shape index (κ2) is 12.1. The summed E-state index contributed by atoms with van der Waals surface area (Å²) in [7, 11) is 0. The Hall–Kier alpha value is -3.25. The Labute approximate surface area is 227 Å². The van der Waals surface area contributed by atoms with Gasteiger partial charge in [0, 0.05) is 48.8 Å². The fraction of sp³-hybridized carbons (Fsp3) is 0.469. The summed E-state index contributed by atoms with van der Waals surface area (Å²) < 4.78 is 5.60. The van der Waals surface area contributed by atoms with Crippen LogP contribution < -0.4 is 5.32 Å². The van der Waals surface area contributed by atoms with Gasteiger partial charge in [-0.3, -0.25) is 14.6 Å². The summed E-state index contributed by atoms with van der Waals surface area (Å²) in [6.07, 6.45) is 9.20. The highest BCUT2D eigenvalue weighted by Crippen LogP contribution is 2.52. The molecule has 1 N–H and O–H groups in total. The number of carbonyl (C=O) groups excluding carboxylic acids is 2. The zero-order chi connectivity index (χ0) is 27.3. The van der Waals surface area contributed by atoms with Crippen LogP contribution in [0, 0.1) is 12.3 Å². The summed E-state index contributed by atoms with van der Waals surface area (Å²) in [4.78, 5) is 33.1. The van der Waals surface area contributed by atoms with Gasteiger partial charge in [0.2, 0.25) is 0 Å². The first-order chi connectivity index (χ1) is 18.2. The van der Waals surface area contributed by atoms with Crippen molar-refractivity contribution in [2.75, 3.05) is 25.1 Å². The van der Waals surface area contributed by atoms with Crippen LogP contribution in [0.3, 0.4) is 0 Å². The molecule has 2 fully saturated rings. The van der Waals surface area contributed by atoms with Gasteiger partial charge in [-0.2, -0.15) is 0 Å². The van der Waals surface area contributed by atoms with Crippen LogP contribution in [0.15, 0.2) is 61.0 Å². The summed E-state index contributed by atoms with van der Waals surface area (Å²) >= 11 is 0. The van der Waals surface area contributed by atoms with Crippen LogP contribution in [0.4, 0.5) is 5.69 Å². The van der Waals surface area contributed by atoms with Crippen LogP contribution in [-0.2, 0) is 4.74 Å². The molecule has 6 heteroatoms. The molecule has 1 saturated heterocycles. The largest absolute Gasteiger partial charge is 0.381 e. The van der Waals surface area contributed by atoms with Crippen molar-refractivity contribution in [1.82, 2.24) is 9.88 Å². The third-order valence-electron chi connectivity index (χ3n) is 8.13. The number of hydrogen-bond donors (Lipinski definition) is 1.